The van der Waals surface area contributed by atoms with Gasteiger partial charge in [-0.25, -0.2) is 9.48 Å². The minimum atomic E-state index is -4.89. The van der Waals surface area contributed by atoms with Crippen LogP contribution in [-0.2, 0) is 17.9 Å². The molecule has 2 rings (SSSR count). The van der Waals surface area contributed by atoms with Gasteiger partial charge in [-0.1, -0.05) is 11.6 Å². The molecule has 1 aromatic carbocycles. The summed E-state index contributed by atoms with van der Waals surface area (Å²) < 4.78 is 39.0. The third-order valence-electron chi connectivity index (χ3n) is 3.01. The molecule has 0 saturated heterocycles. The number of carbonyl (C=O) groups excluding carboxylic acids is 1. The van der Waals surface area contributed by atoms with Crippen LogP contribution in [0.25, 0.3) is 11.4 Å². The van der Waals surface area contributed by atoms with Crippen molar-refractivity contribution in [3.8, 4) is 11.4 Å². The number of aliphatic hydroxyl groups is 1. The van der Waals surface area contributed by atoms with Crippen LogP contribution in [0.15, 0.2) is 29.1 Å². The molecule has 1 atom stereocenters. The number of carbonyl (C=O) groups is 1. The molecule has 0 amide bonds. The standard InChI is InChI=1S/C13H11ClF3N3O3/c14-9-3-1-8(2-4-9)11-18-20(5-6-21)12(23)19(11)7-10(22)13(15,16)17/h1-4,6,10,22H,5,7H2. The van der Waals surface area contributed by atoms with E-state index in [-0.39, 0.29) is 5.82 Å². The monoisotopic (exact) mass is 349 g/mol. The minimum Gasteiger partial charge on any atom is -0.382 e. The van der Waals surface area contributed by atoms with Gasteiger partial charge in [0.25, 0.3) is 0 Å². The Morgan fingerprint density at radius 2 is 1.91 bits per heavy atom. The maximum absolute atomic E-state index is 12.5. The number of hydrogen-bond acceptors (Lipinski definition) is 4. The molecule has 0 fully saturated rings. The van der Waals surface area contributed by atoms with Gasteiger partial charge in [0.05, 0.1) is 6.54 Å². The zero-order chi connectivity index (χ0) is 17.2. The quantitative estimate of drug-likeness (QED) is 0.830. The fourth-order valence-corrected chi connectivity index (χ4v) is 2.01. The van der Waals surface area contributed by atoms with Crippen LogP contribution in [0.1, 0.15) is 0 Å². The topological polar surface area (TPSA) is 77.1 Å². The summed E-state index contributed by atoms with van der Waals surface area (Å²) in [6.45, 7) is -1.44. The highest BCUT2D eigenvalue weighted by atomic mass is 35.5. The molecule has 0 saturated carbocycles. The highest BCUT2D eigenvalue weighted by Crippen LogP contribution is 2.23. The maximum Gasteiger partial charge on any atom is 0.416 e. The number of benzene rings is 1. The second-order valence-electron chi connectivity index (χ2n) is 4.63. The first-order valence-corrected chi connectivity index (χ1v) is 6.74. The lowest BCUT2D eigenvalue weighted by atomic mass is 10.2. The van der Waals surface area contributed by atoms with Crippen LogP contribution in [0.4, 0.5) is 13.2 Å². The average molecular weight is 350 g/mol. The molecule has 0 aliphatic heterocycles. The van der Waals surface area contributed by atoms with Crippen molar-refractivity contribution in [3.05, 3.63) is 39.8 Å². The van der Waals surface area contributed by atoms with Crippen molar-refractivity contribution in [2.24, 2.45) is 0 Å². The largest absolute Gasteiger partial charge is 0.416 e. The van der Waals surface area contributed by atoms with E-state index in [2.05, 4.69) is 5.10 Å². The van der Waals surface area contributed by atoms with Crippen molar-refractivity contribution in [3.63, 3.8) is 0 Å². The van der Waals surface area contributed by atoms with Gasteiger partial charge in [-0.2, -0.15) is 13.2 Å². The molecular formula is C13H11ClF3N3O3. The number of alkyl halides is 3. The van der Waals surface area contributed by atoms with E-state index < -0.39 is 31.1 Å². The van der Waals surface area contributed by atoms with Crippen LogP contribution in [0.5, 0.6) is 0 Å². The Bertz CT molecular complexity index is 753. The molecule has 0 bridgehead atoms. The van der Waals surface area contributed by atoms with E-state index in [1.807, 2.05) is 0 Å². The summed E-state index contributed by atoms with van der Waals surface area (Å²) in [6.07, 6.45) is -7.23. The van der Waals surface area contributed by atoms with Gasteiger partial charge in [0, 0.05) is 10.6 Å². The van der Waals surface area contributed by atoms with Gasteiger partial charge in [-0.3, -0.25) is 4.57 Å². The lowest BCUT2D eigenvalue weighted by Crippen LogP contribution is -2.37. The van der Waals surface area contributed by atoms with Gasteiger partial charge in [0.2, 0.25) is 0 Å². The van der Waals surface area contributed by atoms with Crippen LogP contribution >= 0.6 is 11.6 Å². The Labute approximate surface area is 132 Å². The van der Waals surface area contributed by atoms with E-state index in [9.17, 15) is 27.9 Å². The molecular weight excluding hydrogens is 339 g/mol. The molecule has 10 heteroatoms. The van der Waals surface area contributed by atoms with Crippen LogP contribution in [0.2, 0.25) is 5.02 Å². The lowest BCUT2D eigenvalue weighted by Gasteiger charge is -2.15. The van der Waals surface area contributed by atoms with Gasteiger partial charge in [0.1, 0.15) is 12.8 Å². The second-order valence-corrected chi connectivity index (χ2v) is 5.07. The van der Waals surface area contributed by atoms with Gasteiger partial charge in [-0.15, -0.1) is 5.10 Å². The van der Waals surface area contributed by atoms with E-state index in [1.54, 1.807) is 0 Å². The summed E-state index contributed by atoms with van der Waals surface area (Å²) in [5.74, 6) is -0.100. The van der Waals surface area contributed by atoms with Crippen molar-refractivity contribution in [1.82, 2.24) is 14.3 Å². The number of halogens is 4. The van der Waals surface area contributed by atoms with E-state index in [4.69, 9.17) is 11.6 Å². The van der Waals surface area contributed by atoms with Gasteiger partial charge in [0.15, 0.2) is 11.9 Å². The summed E-state index contributed by atoms with van der Waals surface area (Å²) >= 11 is 5.74. The molecule has 1 unspecified atom stereocenters. The third kappa shape index (κ3) is 3.80. The SMILES string of the molecule is O=CCn1nc(-c2ccc(Cl)cc2)n(CC(O)C(F)(F)F)c1=O. The molecule has 0 radical (unpaired) electrons. The third-order valence-corrected chi connectivity index (χ3v) is 3.26. The highest BCUT2D eigenvalue weighted by Gasteiger charge is 2.39. The van der Waals surface area contributed by atoms with Crippen molar-refractivity contribution in [1.29, 1.82) is 0 Å². The molecule has 2 aromatic rings. The van der Waals surface area contributed by atoms with E-state index in [0.29, 0.717) is 21.4 Å². The van der Waals surface area contributed by atoms with Crippen molar-refractivity contribution in [2.75, 3.05) is 0 Å². The smallest absolute Gasteiger partial charge is 0.382 e. The summed E-state index contributed by atoms with van der Waals surface area (Å²) in [6, 6.07) is 5.88. The van der Waals surface area contributed by atoms with Crippen LogP contribution in [-0.4, -0.2) is 38.0 Å². The summed E-state index contributed by atoms with van der Waals surface area (Å²) in [5, 5.41) is 13.4. The number of aromatic nitrogens is 3. The Kier molecular flexibility index (Phi) is 4.90. The molecule has 23 heavy (non-hydrogen) atoms. The summed E-state index contributed by atoms with van der Waals surface area (Å²) in [5.41, 5.74) is -0.601. The lowest BCUT2D eigenvalue weighted by molar-refractivity contribution is -0.207. The molecule has 0 aliphatic rings. The minimum absolute atomic E-state index is 0.100. The molecule has 124 valence electrons. The number of nitrogens with zero attached hydrogens (tertiary/aromatic N) is 3. The molecule has 1 N–H and O–H groups in total. The Balaban J connectivity index is 2.52. The molecule has 1 heterocycles. The molecule has 6 nitrogen and oxygen atoms in total. The second kappa shape index (κ2) is 6.55. The first-order chi connectivity index (χ1) is 10.7. The fraction of sp³-hybridized carbons (Fsp3) is 0.308. The zero-order valence-corrected chi connectivity index (χ0v) is 12.3. The van der Waals surface area contributed by atoms with Crippen molar-refractivity contribution >= 4 is 17.9 Å². The van der Waals surface area contributed by atoms with Gasteiger partial charge < -0.3 is 9.90 Å². The first-order valence-electron chi connectivity index (χ1n) is 6.36. The molecule has 1 aromatic heterocycles. The molecule has 0 aliphatic carbocycles. The fourth-order valence-electron chi connectivity index (χ4n) is 1.88. The number of aliphatic hydroxyl groups excluding tert-OH is 1. The highest BCUT2D eigenvalue weighted by molar-refractivity contribution is 6.30. The Hall–Kier alpha value is -2.13. The van der Waals surface area contributed by atoms with Gasteiger partial charge >= 0.3 is 11.9 Å². The van der Waals surface area contributed by atoms with Crippen LogP contribution in [0, 0.1) is 0 Å². The summed E-state index contributed by atoms with van der Waals surface area (Å²) in [7, 11) is 0. The molecule has 0 spiro atoms. The van der Waals surface area contributed by atoms with E-state index in [1.165, 1.54) is 24.3 Å². The van der Waals surface area contributed by atoms with Crippen LogP contribution < -0.4 is 5.69 Å². The predicted molar refractivity (Wildman–Crippen MR) is 75.1 cm³/mol. The van der Waals surface area contributed by atoms with Crippen molar-refractivity contribution < 1.29 is 23.1 Å². The van der Waals surface area contributed by atoms with E-state index in [0.717, 1.165) is 4.68 Å². The first kappa shape index (κ1) is 17.2. The number of aldehydes is 1. The zero-order valence-electron chi connectivity index (χ0n) is 11.5. The van der Waals surface area contributed by atoms with Crippen molar-refractivity contribution in [2.45, 2.75) is 25.4 Å². The van der Waals surface area contributed by atoms with Crippen LogP contribution in [0.3, 0.4) is 0 Å². The normalized spacial score (nSPS) is 13.1. The van der Waals surface area contributed by atoms with Gasteiger partial charge in [-0.05, 0) is 24.3 Å². The average Bonchev–Trinajstić information content (AvgIpc) is 2.77. The Morgan fingerprint density at radius 1 is 1.30 bits per heavy atom. The van der Waals surface area contributed by atoms with E-state index >= 15 is 0 Å². The number of hydrogen-bond donors (Lipinski definition) is 1. The summed E-state index contributed by atoms with van der Waals surface area (Å²) in [4.78, 5) is 22.6. The maximum atomic E-state index is 12.5. The predicted octanol–water partition coefficient (Wildman–Crippen LogP) is 1.49. The number of rotatable bonds is 5. The Morgan fingerprint density at radius 3 is 2.43 bits per heavy atom.